The standard InChI is InChI=1S/C18H17NO4S/c1-13(20)15-8-10-16(11-9-15)19-12-18(14(2)21)24(22,23)17-6-4-3-5-7-17/h3-12,19H,1-2H3. The van der Waals surface area contributed by atoms with Gasteiger partial charge in [-0.15, -0.1) is 0 Å². The first-order chi connectivity index (χ1) is 11.3. The van der Waals surface area contributed by atoms with Crippen molar-refractivity contribution in [3.8, 4) is 0 Å². The summed E-state index contributed by atoms with van der Waals surface area (Å²) in [6.45, 7) is 2.66. The van der Waals surface area contributed by atoms with Gasteiger partial charge in [0.2, 0.25) is 9.84 Å². The Bertz CT molecular complexity index is 882. The second-order valence-corrected chi connectivity index (χ2v) is 7.08. The third kappa shape index (κ3) is 3.97. The van der Waals surface area contributed by atoms with Crippen LogP contribution in [0.4, 0.5) is 5.69 Å². The average molecular weight is 343 g/mol. The van der Waals surface area contributed by atoms with Crippen LogP contribution in [0, 0.1) is 0 Å². The van der Waals surface area contributed by atoms with E-state index in [9.17, 15) is 18.0 Å². The van der Waals surface area contributed by atoms with Crippen LogP contribution in [0.5, 0.6) is 0 Å². The number of allylic oxidation sites excluding steroid dienone is 1. The predicted octanol–water partition coefficient (Wildman–Crippen LogP) is 3.21. The van der Waals surface area contributed by atoms with Crippen molar-refractivity contribution in [2.75, 3.05) is 5.32 Å². The van der Waals surface area contributed by atoms with Crippen LogP contribution in [0.15, 0.2) is 70.6 Å². The van der Waals surface area contributed by atoms with Crippen molar-refractivity contribution in [3.05, 3.63) is 71.3 Å². The Hall–Kier alpha value is -2.73. The molecule has 0 heterocycles. The maximum atomic E-state index is 12.6. The summed E-state index contributed by atoms with van der Waals surface area (Å²) in [5, 5.41) is 2.79. The molecule has 0 fully saturated rings. The molecular formula is C18H17NO4S. The lowest BCUT2D eigenvalue weighted by Gasteiger charge is -2.08. The molecule has 0 aliphatic heterocycles. The van der Waals surface area contributed by atoms with Crippen molar-refractivity contribution >= 4 is 27.1 Å². The Morgan fingerprint density at radius 2 is 1.50 bits per heavy atom. The van der Waals surface area contributed by atoms with E-state index in [-0.39, 0.29) is 15.6 Å². The van der Waals surface area contributed by atoms with Crippen LogP contribution in [0.2, 0.25) is 0 Å². The highest BCUT2D eigenvalue weighted by molar-refractivity contribution is 7.96. The third-order valence-electron chi connectivity index (χ3n) is 3.35. The van der Waals surface area contributed by atoms with Crippen LogP contribution in [0.1, 0.15) is 24.2 Å². The fourth-order valence-corrected chi connectivity index (χ4v) is 3.41. The Kier molecular flexibility index (Phi) is 5.31. The molecule has 2 rings (SSSR count). The van der Waals surface area contributed by atoms with Gasteiger partial charge in [0, 0.05) is 17.5 Å². The molecule has 0 bridgehead atoms. The van der Waals surface area contributed by atoms with Crippen molar-refractivity contribution in [1.29, 1.82) is 0 Å². The molecule has 0 aliphatic rings. The van der Waals surface area contributed by atoms with Crippen LogP contribution in [-0.2, 0) is 14.6 Å². The molecule has 0 saturated carbocycles. The van der Waals surface area contributed by atoms with Gasteiger partial charge in [-0.3, -0.25) is 9.59 Å². The molecule has 0 atom stereocenters. The number of carbonyl (C=O) groups is 2. The first-order valence-corrected chi connectivity index (χ1v) is 8.69. The van der Waals surface area contributed by atoms with E-state index in [1.165, 1.54) is 32.2 Å². The second-order valence-electron chi connectivity index (χ2n) is 5.16. The quantitative estimate of drug-likeness (QED) is 0.643. The number of carbonyl (C=O) groups excluding carboxylic acids is 2. The number of hydrogen-bond acceptors (Lipinski definition) is 5. The van der Waals surface area contributed by atoms with E-state index in [1.807, 2.05) is 0 Å². The Balaban J connectivity index is 2.32. The van der Waals surface area contributed by atoms with Gasteiger partial charge >= 0.3 is 0 Å². The summed E-state index contributed by atoms with van der Waals surface area (Å²) >= 11 is 0. The normalized spacial score (nSPS) is 11.8. The summed E-state index contributed by atoms with van der Waals surface area (Å²) in [6, 6.07) is 14.3. The van der Waals surface area contributed by atoms with Crippen LogP contribution in [-0.4, -0.2) is 20.0 Å². The maximum absolute atomic E-state index is 12.6. The fraction of sp³-hybridized carbons (Fsp3) is 0.111. The molecule has 0 spiro atoms. The molecule has 2 aromatic rings. The largest absolute Gasteiger partial charge is 0.360 e. The smallest absolute Gasteiger partial charge is 0.211 e. The van der Waals surface area contributed by atoms with Gasteiger partial charge in [-0.05, 0) is 50.2 Å². The number of rotatable bonds is 6. The highest BCUT2D eigenvalue weighted by atomic mass is 32.2. The molecule has 2 aromatic carbocycles. The monoisotopic (exact) mass is 343 g/mol. The maximum Gasteiger partial charge on any atom is 0.211 e. The summed E-state index contributed by atoms with van der Waals surface area (Å²) in [7, 11) is -3.90. The van der Waals surface area contributed by atoms with E-state index >= 15 is 0 Å². The lowest BCUT2D eigenvalue weighted by molar-refractivity contribution is -0.113. The SMILES string of the molecule is CC(=O)C(=CNc1ccc(C(C)=O)cc1)S(=O)(=O)c1ccccc1. The van der Waals surface area contributed by atoms with Gasteiger partial charge in [0.05, 0.1) is 4.90 Å². The summed E-state index contributed by atoms with van der Waals surface area (Å²) in [4.78, 5) is 22.8. The highest BCUT2D eigenvalue weighted by Crippen LogP contribution is 2.20. The van der Waals surface area contributed by atoms with E-state index in [0.717, 1.165) is 0 Å². The predicted molar refractivity (Wildman–Crippen MR) is 92.5 cm³/mol. The molecule has 1 N–H and O–H groups in total. The topological polar surface area (TPSA) is 80.3 Å². The number of anilines is 1. The number of hydrogen-bond donors (Lipinski definition) is 1. The van der Waals surface area contributed by atoms with E-state index < -0.39 is 15.6 Å². The Morgan fingerprint density at radius 1 is 0.917 bits per heavy atom. The van der Waals surface area contributed by atoms with Gasteiger partial charge < -0.3 is 5.32 Å². The summed E-state index contributed by atoms with van der Waals surface area (Å²) in [5.74, 6) is -0.625. The van der Waals surface area contributed by atoms with Crippen molar-refractivity contribution in [3.63, 3.8) is 0 Å². The van der Waals surface area contributed by atoms with Gasteiger partial charge in [-0.2, -0.15) is 0 Å². The van der Waals surface area contributed by atoms with Gasteiger partial charge in [0.1, 0.15) is 4.91 Å². The molecule has 5 nitrogen and oxygen atoms in total. The van der Waals surface area contributed by atoms with Gasteiger partial charge in [-0.25, -0.2) is 8.42 Å². The molecule has 0 unspecified atom stereocenters. The molecular weight excluding hydrogens is 326 g/mol. The lowest BCUT2D eigenvalue weighted by atomic mass is 10.1. The molecule has 0 radical (unpaired) electrons. The minimum Gasteiger partial charge on any atom is -0.360 e. The molecule has 0 saturated heterocycles. The molecule has 124 valence electrons. The molecule has 0 amide bonds. The van der Waals surface area contributed by atoms with Gasteiger partial charge in [0.25, 0.3) is 0 Å². The van der Waals surface area contributed by atoms with Gasteiger partial charge in [-0.1, -0.05) is 18.2 Å². The molecule has 6 heteroatoms. The number of Topliss-reactive ketones (excluding diaryl/α,β-unsaturated/α-hetero) is 2. The number of benzene rings is 2. The lowest BCUT2D eigenvalue weighted by Crippen LogP contribution is -2.13. The van der Waals surface area contributed by atoms with Crippen molar-refractivity contribution in [2.24, 2.45) is 0 Å². The number of nitrogens with one attached hydrogen (secondary N) is 1. The summed E-state index contributed by atoms with van der Waals surface area (Å²) in [5.41, 5.74) is 1.12. The first-order valence-electron chi connectivity index (χ1n) is 7.21. The third-order valence-corrected chi connectivity index (χ3v) is 5.23. The zero-order chi connectivity index (χ0) is 17.7. The van der Waals surface area contributed by atoms with E-state index in [4.69, 9.17) is 0 Å². The van der Waals surface area contributed by atoms with Gasteiger partial charge in [0.15, 0.2) is 11.6 Å². The Labute approximate surface area is 140 Å². The zero-order valence-electron chi connectivity index (χ0n) is 13.3. The zero-order valence-corrected chi connectivity index (χ0v) is 14.1. The minimum atomic E-state index is -3.90. The number of sulfone groups is 1. The summed E-state index contributed by atoms with van der Waals surface area (Å²) in [6.07, 6.45) is 1.17. The van der Waals surface area contributed by atoms with Crippen LogP contribution < -0.4 is 5.32 Å². The van der Waals surface area contributed by atoms with E-state index in [0.29, 0.717) is 11.3 Å². The fourth-order valence-electron chi connectivity index (χ4n) is 2.05. The van der Waals surface area contributed by atoms with Crippen molar-refractivity contribution < 1.29 is 18.0 Å². The summed E-state index contributed by atoms with van der Waals surface area (Å²) < 4.78 is 25.1. The Morgan fingerprint density at radius 3 is 2.00 bits per heavy atom. The van der Waals surface area contributed by atoms with Crippen LogP contribution in [0.25, 0.3) is 0 Å². The number of ketones is 2. The molecule has 0 aromatic heterocycles. The highest BCUT2D eigenvalue weighted by Gasteiger charge is 2.24. The van der Waals surface area contributed by atoms with Crippen LogP contribution in [0.3, 0.4) is 0 Å². The molecule has 24 heavy (non-hydrogen) atoms. The average Bonchev–Trinajstić information content (AvgIpc) is 2.55. The van der Waals surface area contributed by atoms with Crippen molar-refractivity contribution in [1.82, 2.24) is 0 Å². The van der Waals surface area contributed by atoms with Crippen molar-refractivity contribution in [2.45, 2.75) is 18.7 Å². The van der Waals surface area contributed by atoms with Crippen LogP contribution >= 0.6 is 0 Å². The molecule has 0 aliphatic carbocycles. The van der Waals surface area contributed by atoms with E-state index in [1.54, 1.807) is 42.5 Å². The first kappa shape index (κ1) is 17.6. The second kappa shape index (κ2) is 7.23. The van der Waals surface area contributed by atoms with E-state index in [2.05, 4.69) is 5.32 Å². The minimum absolute atomic E-state index is 0.0557.